The minimum atomic E-state index is -1.92. The van der Waals surface area contributed by atoms with Crippen LogP contribution in [0, 0.1) is 0 Å². The van der Waals surface area contributed by atoms with E-state index in [1.165, 1.54) is 62.6 Å². The lowest BCUT2D eigenvalue weighted by Gasteiger charge is -2.47. The molecule has 25 heavy (non-hydrogen) atoms. The van der Waals surface area contributed by atoms with Crippen molar-refractivity contribution in [2.45, 2.75) is 66.8 Å². The zero-order chi connectivity index (χ0) is 18.9. The van der Waals surface area contributed by atoms with Crippen molar-refractivity contribution < 1.29 is 0 Å². The number of allylic oxidation sites excluding steroid dienone is 1. The molecule has 142 valence electrons. The summed E-state index contributed by atoms with van der Waals surface area (Å²) in [6, 6.07) is 9.23. The predicted octanol–water partition coefficient (Wildman–Crippen LogP) is 5.24. The van der Waals surface area contributed by atoms with Crippen LogP contribution < -0.4 is 5.19 Å². The Morgan fingerprint density at radius 2 is 1.32 bits per heavy atom. The van der Waals surface area contributed by atoms with Crippen LogP contribution in [0.4, 0.5) is 0 Å². The number of benzene rings is 1. The van der Waals surface area contributed by atoms with E-state index in [-0.39, 0.29) is 0 Å². The second-order valence-electron chi connectivity index (χ2n) is 7.36. The molecule has 1 aromatic carbocycles. The zero-order valence-electron chi connectivity index (χ0n) is 17.6. The van der Waals surface area contributed by atoms with Crippen molar-refractivity contribution >= 4 is 19.2 Å². The molecule has 0 amide bonds. The maximum absolute atomic E-state index is 4.17. The first-order chi connectivity index (χ1) is 11.9. The molecule has 0 bridgehead atoms. The Labute approximate surface area is 158 Å². The highest BCUT2D eigenvalue weighted by Gasteiger charge is 2.41. The summed E-state index contributed by atoms with van der Waals surface area (Å²) in [7, 11) is -1.92. The van der Waals surface area contributed by atoms with E-state index in [4.69, 9.17) is 0 Å². The van der Waals surface area contributed by atoms with Gasteiger partial charge in [0, 0.05) is 0 Å². The molecule has 0 heterocycles. The van der Waals surface area contributed by atoms with Crippen LogP contribution in [0.3, 0.4) is 0 Å². The van der Waals surface area contributed by atoms with Gasteiger partial charge in [0.1, 0.15) is 0 Å². The molecule has 0 saturated carbocycles. The lowest BCUT2D eigenvalue weighted by atomic mass is 10.1. The molecule has 0 atom stereocenters. The molecule has 2 nitrogen and oxygen atoms in total. The van der Waals surface area contributed by atoms with Crippen molar-refractivity contribution in [1.29, 1.82) is 0 Å². The normalized spacial score (nSPS) is 12.2. The van der Waals surface area contributed by atoms with Gasteiger partial charge in [0.05, 0.1) is 0 Å². The highest BCUT2D eigenvalue weighted by molar-refractivity contribution is 6.86. The smallest absolute Gasteiger partial charge is 0.236 e. The van der Waals surface area contributed by atoms with Crippen LogP contribution in [0.2, 0.25) is 6.55 Å². The summed E-state index contributed by atoms with van der Waals surface area (Å²) in [4.78, 5) is 0. The van der Waals surface area contributed by atoms with Gasteiger partial charge in [0.25, 0.3) is 0 Å². The van der Waals surface area contributed by atoms with Crippen LogP contribution in [-0.2, 0) is 0 Å². The quantitative estimate of drug-likeness (QED) is 0.470. The zero-order valence-corrected chi connectivity index (χ0v) is 18.6. The first-order valence-electron chi connectivity index (χ1n) is 10.2. The van der Waals surface area contributed by atoms with E-state index in [1.807, 2.05) is 0 Å². The Morgan fingerprint density at radius 1 is 0.880 bits per heavy atom. The minimum Gasteiger partial charge on any atom is -0.308 e. The summed E-state index contributed by atoms with van der Waals surface area (Å²) in [6.45, 7) is 22.9. The number of hydrogen-bond acceptors (Lipinski definition) is 2. The van der Waals surface area contributed by atoms with E-state index in [2.05, 4.69) is 81.1 Å². The van der Waals surface area contributed by atoms with Gasteiger partial charge >= 0.3 is 0 Å². The number of hydrogen-bond donors (Lipinski definition) is 0. The summed E-state index contributed by atoms with van der Waals surface area (Å²) in [5, 5.41) is 1.54. The minimum absolute atomic E-state index is 1.16. The van der Waals surface area contributed by atoms with Crippen LogP contribution in [-0.4, -0.2) is 43.7 Å². The Bertz CT molecular complexity index is 499. The molecule has 0 spiro atoms. The maximum Gasteiger partial charge on any atom is 0.236 e. The fraction of sp³-hybridized carbons (Fsp3) is 0.636. The molecule has 1 aromatic rings. The highest BCUT2D eigenvalue weighted by Crippen LogP contribution is 2.21. The van der Waals surface area contributed by atoms with Crippen LogP contribution in [0.25, 0.3) is 5.57 Å². The first-order valence-corrected chi connectivity index (χ1v) is 12.6. The van der Waals surface area contributed by atoms with E-state index in [1.54, 1.807) is 0 Å². The van der Waals surface area contributed by atoms with Gasteiger partial charge in [0.2, 0.25) is 8.40 Å². The average Bonchev–Trinajstić information content (AvgIpc) is 2.60. The standard InChI is InChI=1S/C22H40N2Si/c1-8-15-23(16-9-2)25(7,24(17-10-3)18-11-4)22-14-12-13-21(19-22)20(5)6/h12-14,19H,5,8-11,15-18H2,1-4,6-7H3. The Hall–Kier alpha value is -0.903. The van der Waals surface area contributed by atoms with Gasteiger partial charge in [-0.1, -0.05) is 64.1 Å². The fourth-order valence-electron chi connectivity index (χ4n) is 3.82. The Kier molecular flexibility index (Phi) is 9.69. The van der Waals surface area contributed by atoms with Gasteiger partial charge < -0.3 is 9.13 Å². The van der Waals surface area contributed by atoms with Gasteiger partial charge in [-0.3, -0.25) is 0 Å². The topological polar surface area (TPSA) is 6.48 Å². The summed E-state index contributed by atoms with van der Waals surface area (Å²) in [6.07, 6.45) is 4.87. The third-order valence-electron chi connectivity index (χ3n) is 5.11. The Balaban J connectivity index is 3.47. The molecule has 0 saturated heterocycles. The summed E-state index contributed by atoms with van der Waals surface area (Å²) in [5.41, 5.74) is 2.45. The van der Waals surface area contributed by atoms with Gasteiger partial charge in [-0.05, 0) is 76.1 Å². The van der Waals surface area contributed by atoms with Gasteiger partial charge in [-0.25, -0.2) is 0 Å². The van der Waals surface area contributed by atoms with Gasteiger partial charge in [-0.15, -0.1) is 0 Å². The van der Waals surface area contributed by atoms with E-state index in [0.717, 1.165) is 5.57 Å². The third kappa shape index (κ3) is 5.53. The fourth-order valence-corrected chi connectivity index (χ4v) is 8.43. The largest absolute Gasteiger partial charge is 0.308 e. The first kappa shape index (κ1) is 22.1. The van der Waals surface area contributed by atoms with Crippen molar-refractivity contribution in [3.63, 3.8) is 0 Å². The van der Waals surface area contributed by atoms with E-state index < -0.39 is 8.40 Å². The van der Waals surface area contributed by atoms with Crippen LogP contribution in [0.1, 0.15) is 65.9 Å². The summed E-state index contributed by atoms with van der Waals surface area (Å²) >= 11 is 0. The van der Waals surface area contributed by atoms with Crippen molar-refractivity contribution in [3.05, 3.63) is 36.4 Å². The van der Waals surface area contributed by atoms with E-state index >= 15 is 0 Å². The Morgan fingerprint density at radius 3 is 1.68 bits per heavy atom. The molecule has 0 N–H and O–H groups in total. The van der Waals surface area contributed by atoms with Gasteiger partial charge in [-0.2, -0.15) is 0 Å². The van der Waals surface area contributed by atoms with Crippen molar-refractivity contribution in [3.8, 4) is 0 Å². The molecule has 1 rings (SSSR count). The summed E-state index contributed by atoms with van der Waals surface area (Å²) < 4.78 is 5.66. The van der Waals surface area contributed by atoms with Crippen LogP contribution in [0.5, 0.6) is 0 Å². The molecule has 0 aromatic heterocycles. The van der Waals surface area contributed by atoms with Crippen LogP contribution in [0.15, 0.2) is 30.8 Å². The molecule has 0 fully saturated rings. The van der Waals surface area contributed by atoms with Crippen molar-refractivity contribution in [2.75, 3.05) is 26.2 Å². The monoisotopic (exact) mass is 360 g/mol. The second-order valence-corrected chi connectivity index (χ2v) is 11.2. The molecule has 0 radical (unpaired) electrons. The summed E-state index contributed by atoms with van der Waals surface area (Å²) in [5.74, 6) is 0. The van der Waals surface area contributed by atoms with Crippen molar-refractivity contribution in [1.82, 2.24) is 9.13 Å². The molecule has 0 aliphatic heterocycles. The van der Waals surface area contributed by atoms with E-state index in [9.17, 15) is 0 Å². The number of nitrogens with zero attached hydrogens (tertiary/aromatic N) is 2. The lowest BCUT2D eigenvalue weighted by molar-refractivity contribution is 0.329. The third-order valence-corrected chi connectivity index (χ3v) is 9.87. The van der Waals surface area contributed by atoms with Crippen molar-refractivity contribution in [2.24, 2.45) is 0 Å². The second kappa shape index (κ2) is 10.9. The molecule has 0 aliphatic carbocycles. The highest BCUT2D eigenvalue weighted by atomic mass is 28.3. The molecular formula is C22H40N2Si. The maximum atomic E-state index is 4.17. The predicted molar refractivity (Wildman–Crippen MR) is 117 cm³/mol. The SMILES string of the molecule is C=C(C)c1cccc([Si](C)(N(CCC)CCC)N(CCC)CCC)c1. The average molecular weight is 361 g/mol. The van der Waals surface area contributed by atoms with Gasteiger partial charge in [0.15, 0.2) is 0 Å². The molecule has 3 heteroatoms. The molecule has 0 unspecified atom stereocenters. The molecule has 0 aliphatic rings. The number of rotatable bonds is 12. The molecular weight excluding hydrogens is 320 g/mol. The van der Waals surface area contributed by atoms with Crippen LogP contribution >= 0.6 is 0 Å². The lowest BCUT2D eigenvalue weighted by Crippen LogP contribution is -2.71. The van der Waals surface area contributed by atoms with E-state index in [0.29, 0.717) is 0 Å².